The summed E-state index contributed by atoms with van der Waals surface area (Å²) in [5.41, 5.74) is 1.12. The van der Waals surface area contributed by atoms with Gasteiger partial charge in [-0.1, -0.05) is 19.9 Å². The zero-order valence-corrected chi connectivity index (χ0v) is 11.4. The molecule has 0 radical (unpaired) electrons. The molecule has 0 unspecified atom stereocenters. The number of nitrogens with one attached hydrogen (secondary N) is 1. The number of ether oxygens (including phenoxy) is 1. The van der Waals surface area contributed by atoms with Crippen molar-refractivity contribution < 1.29 is 4.74 Å². The van der Waals surface area contributed by atoms with Crippen LogP contribution < -0.4 is 10.1 Å². The van der Waals surface area contributed by atoms with Gasteiger partial charge in [0.25, 0.3) is 0 Å². The first-order valence-electron chi connectivity index (χ1n) is 6.19. The fourth-order valence-corrected chi connectivity index (χ4v) is 1.38. The van der Waals surface area contributed by atoms with Crippen molar-refractivity contribution in [1.82, 2.24) is 4.90 Å². The molecule has 0 amide bonds. The first-order valence-corrected chi connectivity index (χ1v) is 6.19. The fraction of sp³-hybridized carbons (Fsp3) is 0.571. The molecule has 1 aromatic rings. The lowest BCUT2D eigenvalue weighted by atomic mass is 10.2. The van der Waals surface area contributed by atoms with E-state index in [1.165, 1.54) is 0 Å². The molecule has 0 spiro atoms. The Balaban J connectivity index is 2.42. The topological polar surface area (TPSA) is 24.5 Å². The van der Waals surface area contributed by atoms with Crippen LogP contribution in [-0.2, 0) is 0 Å². The molecule has 0 aromatic heterocycles. The van der Waals surface area contributed by atoms with Gasteiger partial charge in [0.05, 0.1) is 6.61 Å². The second kappa shape index (κ2) is 7.17. The summed E-state index contributed by atoms with van der Waals surface area (Å²) >= 11 is 0. The predicted octanol–water partition coefficient (Wildman–Crippen LogP) is 2.69. The van der Waals surface area contributed by atoms with Crippen molar-refractivity contribution in [2.24, 2.45) is 5.92 Å². The van der Waals surface area contributed by atoms with Crippen LogP contribution in [0.2, 0.25) is 0 Å². The van der Waals surface area contributed by atoms with Crippen molar-refractivity contribution in [1.29, 1.82) is 0 Å². The van der Waals surface area contributed by atoms with Gasteiger partial charge < -0.3 is 15.0 Å². The minimum absolute atomic E-state index is 0.556. The van der Waals surface area contributed by atoms with Gasteiger partial charge in [-0.15, -0.1) is 0 Å². The fourth-order valence-electron chi connectivity index (χ4n) is 1.38. The van der Waals surface area contributed by atoms with Gasteiger partial charge in [0.15, 0.2) is 0 Å². The molecule has 0 aliphatic heterocycles. The van der Waals surface area contributed by atoms with Crippen LogP contribution in [0.1, 0.15) is 13.8 Å². The Morgan fingerprint density at radius 1 is 1.29 bits per heavy atom. The maximum atomic E-state index is 5.69. The van der Waals surface area contributed by atoms with Crippen molar-refractivity contribution in [3.8, 4) is 5.75 Å². The molecule has 0 atom stereocenters. The lowest BCUT2D eigenvalue weighted by Crippen LogP contribution is -2.20. The highest BCUT2D eigenvalue weighted by atomic mass is 16.5. The third-order valence-electron chi connectivity index (χ3n) is 2.31. The standard InChI is InChI=1S/C14H24N2O/c1-12(2)11-17-14-7-5-6-13(10-14)15-8-9-16(3)4/h5-7,10,12,15H,8-9,11H2,1-4H3. The number of anilines is 1. The largest absolute Gasteiger partial charge is 0.493 e. The van der Waals surface area contributed by atoms with Crippen LogP contribution in [0.4, 0.5) is 5.69 Å². The van der Waals surface area contributed by atoms with Gasteiger partial charge in [0.1, 0.15) is 5.75 Å². The molecule has 0 bridgehead atoms. The van der Waals surface area contributed by atoms with Crippen LogP contribution in [0.25, 0.3) is 0 Å². The molecule has 17 heavy (non-hydrogen) atoms. The van der Waals surface area contributed by atoms with Crippen LogP contribution in [0.5, 0.6) is 5.75 Å². The van der Waals surface area contributed by atoms with Crippen molar-refractivity contribution in [3.63, 3.8) is 0 Å². The summed E-state index contributed by atoms with van der Waals surface area (Å²) in [7, 11) is 4.15. The second-order valence-electron chi connectivity index (χ2n) is 4.96. The van der Waals surface area contributed by atoms with E-state index < -0.39 is 0 Å². The molecule has 1 aromatic carbocycles. The number of rotatable bonds is 7. The summed E-state index contributed by atoms with van der Waals surface area (Å²) in [6.45, 7) is 7.04. The molecule has 96 valence electrons. The van der Waals surface area contributed by atoms with Crippen LogP contribution in [0.15, 0.2) is 24.3 Å². The van der Waals surface area contributed by atoms with Gasteiger partial charge >= 0.3 is 0 Å². The molecule has 0 saturated heterocycles. The van der Waals surface area contributed by atoms with Crippen molar-refractivity contribution in [3.05, 3.63) is 24.3 Å². The van der Waals surface area contributed by atoms with E-state index in [-0.39, 0.29) is 0 Å². The van der Waals surface area contributed by atoms with Gasteiger partial charge in [-0.3, -0.25) is 0 Å². The quantitative estimate of drug-likeness (QED) is 0.787. The number of hydrogen-bond donors (Lipinski definition) is 1. The van der Waals surface area contributed by atoms with E-state index in [2.05, 4.69) is 50.3 Å². The predicted molar refractivity (Wildman–Crippen MR) is 73.8 cm³/mol. The normalized spacial score (nSPS) is 10.9. The third-order valence-corrected chi connectivity index (χ3v) is 2.31. The molecule has 0 aliphatic carbocycles. The lowest BCUT2D eigenvalue weighted by Gasteiger charge is -2.13. The minimum atomic E-state index is 0.556. The highest BCUT2D eigenvalue weighted by Crippen LogP contribution is 2.17. The lowest BCUT2D eigenvalue weighted by molar-refractivity contribution is 0.271. The Kier molecular flexibility index (Phi) is 5.84. The first kappa shape index (κ1) is 13.8. The smallest absolute Gasteiger partial charge is 0.121 e. The van der Waals surface area contributed by atoms with E-state index in [4.69, 9.17) is 4.74 Å². The Morgan fingerprint density at radius 2 is 2.06 bits per heavy atom. The Bertz CT molecular complexity index is 324. The molecule has 0 heterocycles. The van der Waals surface area contributed by atoms with Crippen LogP contribution in [0.3, 0.4) is 0 Å². The molecule has 1 N–H and O–H groups in total. The van der Waals surface area contributed by atoms with Crippen molar-refractivity contribution in [2.75, 3.05) is 39.1 Å². The number of nitrogens with zero attached hydrogens (tertiary/aromatic N) is 1. The number of benzene rings is 1. The van der Waals surface area contributed by atoms with Crippen LogP contribution >= 0.6 is 0 Å². The Morgan fingerprint density at radius 3 is 2.71 bits per heavy atom. The number of likely N-dealkylation sites (N-methyl/N-ethyl adjacent to an activating group) is 1. The van der Waals surface area contributed by atoms with Crippen molar-refractivity contribution >= 4 is 5.69 Å². The summed E-state index contributed by atoms with van der Waals surface area (Å²) in [6, 6.07) is 8.14. The van der Waals surface area contributed by atoms with E-state index in [9.17, 15) is 0 Å². The summed E-state index contributed by atoms with van der Waals surface area (Å²) in [6.07, 6.45) is 0. The molecule has 3 nitrogen and oxygen atoms in total. The Labute approximate surface area is 105 Å². The van der Waals surface area contributed by atoms with Gasteiger partial charge in [-0.25, -0.2) is 0 Å². The van der Waals surface area contributed by atoms with Crippen LogP contribution in [0, 0.1) is 5.92 Å². The third kappa shape index (κ3) is 6.17. The zero-order valence-electron chi connectivity index (χ0n) is 11.4. The molecule has 0 fully saturated rings. The minimum Gasteiger partial charge on any atom is -0.493 e. The van der Waals surface area contributed by atoms with Crippen LogP contribution in [-0.4, -0.2) is 38.7 Å². The number of hydrogen-bond acceptors (Lipinski definition) is 3. The van der Waals surface area contributed by atoms with E-state index in [1.807, 2.05) is 12.1 Å². The highest BCUT2D eigenvalue weighted by Gasteiger charge is 1.99. The summed E-state index contributed by atoms with van der Waals surface area (Å²) in [5, 5.41) is 3.38. The summed E-state index contributed by atoms with van der Waals surface area (Å²) in [5.74, 6) is 1.49. The highest BCUT2D eigenvalue weighted by molar-refractivity contribution is 5.48. The maximum Gasteiger partial charge on any atom is 0.121 e. The summed E-state index contributed by atoms with van der Waals surface area (Å²) < 4.78 is 5.69. The Hall–Kier alpha value is -1.22. The second-order valence-corrected chi connectivity index (χ2v) is 4.96. The first-order chi connectivity index (χ1) is 8.08. The maximum absolute atomic E-state index is 5.69. The average Bonchev–Trinajstić information content (AvgIpc) is 2.26. The molecule has 0 saturated carbocycles. The van der Waals surface area contributed by atoms with Gasteiger partial charge in [0.2, 0.25) is 0 Å². The molecular weight excluding hydrogens is 212 g/mol. The zero-order chi connectivity index (χ0) is 12.7. The van der Waals surface area contributed by atoms with Crippen molar-refractivity contribution in [2.45, 2.75) is 13.8 Å². The molecule has 3 heteroatoms. The molecule has 1 rings (SSSR count). The van der Waals surface area contributed by atoms with E-state index >= 15 is 0 Å². The van der Waals surface area contributed by atoms with Gasteiger partial charge in [-0.2, -0.15) is 0 Å². The summed E-state index contributed by atoms with van der Waals surface area (Å²) in [4.78, 5) is 2.16. The van der Waals surface area contributed by atoms with Gasteiger partial charge in [0, 0.05) is 24.8 Å². The monoisotopic (exact) mass is 236 g/mol. The van der Waals surface area contributed by atoms with Gasteiger partial charge in [-0.05, 0) is 32.1 Å². The van der Waals surface area contributed by atoms with E-state index in [0.29, 0.717) is 5.92 Å². The average molecular weight is 236 g/mol. The van der Waals surface area contributed by atoms with E-state index in [0.717, 1.165) is 31.1 Å². The molecular formula is C14H24N2O. The molecule has 0 aliphatic rings. The van der Waals surface area contributed by atoms with E-state index in [1.54, 1.807) is 0 Å². The SMILES string of the molecule is CC(C)COc1cccc(NCCN(C)C)c1.